The maximum atomic E-state index is 12.4. The standard InChI is InChI=1S/C13H14N4O4/c1-16-4-2-8(6-9(16)18)10(19)17-5-3-13(7-17)11(20)14-12(21)15-13/h2,4,6H,3,5,7H2,1H3,(H2,14,15,20,21). The predicted molar refractivity (Wildman–Crippen MR) is 71.6 cm³/mol. The van der Waals surface area contributed by atoms with E-state index in [0.29, 0.717) is 13.0 Å². The van der Waals surface area contributed by atoms with Crippen molar-refractivity contribution in [3.8, 4) is 0 Å². The van der Waals surface area contributed by atoms with E-state index in [1.165, 1.54) is 21.7 Å². The van der Waals surface area contributed by atoms with Crippen molar-refractivity contribution in [2.75, 3.05) is 13.1 Å². The van der Waals surface area contributed by atoms with Crippen LogP contribution >= 0.6 is 0 Å². The minimum absolute atomic E-state index is 0.110. The van der Waals surface area contributed by atoms with Gasteiger partial charge in [0.1, 0.15) is 5.54 Å². The number of aryl methyl sites for hydroxylation is 1. The summed E-state index contributed by atoms with van der Waals surface area (Å²) in [6, 6.07) is 2.28. The van der Waals surface area contributed by atoms with Gasteiger partial charge in [-0.2, -0.15) is 0 Å². The second-order valence-corrected chi connectivity index (χ2v) is 5.33. The highest BCUT2D eigenvalue weighted by Gasteiger charge is 2.51. The number of imide groups is 1. The molecule has 8 nitrogen and oxygen atoms in total. The van der Waals surface area contributed by atoms with Crippen molar-refractivity contribution >= 4 is 17.8 Å². The van der Waals surface area contributed by atoms with Crippen LogP contribution in [0.5, 0.6) is 0 Å². The van der Waals surface area contributed by atoms with Gasteiger partial charge in [-0.05, 0) is 12.5 Å². The molecule has 2 N–H and O–H groups in total. The van der Waals surface area contributed by atoms with Gasteiger partial charge in [0.05, 0.1) is 6.54 Å². The third-order valence-electron chi connectivity index (χ3n) is 3.92. The van der Waals surface area contributed by atoms with E-state index < -0.39 is 17.5 Å². The van der Waals surface area contributed by atoms with Crippen LogP contribution in [-0.4, -0.2) is 45.9 Å². The van der Waals surface area contributed by atoms with Gasteiger partial charge in [0.2, 0.25) is 0 Å². The normalized spacial score (nSPS) is 24.3. The average Bonchev–Trinajstić information content (AvgIpc) is 2.97. The molecule has 21 heavy (non-hydrogen) atoms. The number of rotatable bonds is 1. The molecule has 0 aromatic carbocycles. The van der Waals surface area contributed by atoms with Crippen molar-refractivity contribution in [2.24, 2.45) is 7.05 Å². The highest BCUT2D eigenvalue weighted by molar-refractivity contribution is 6.08. The first-order valence-electron chi connectivity index (χ1n) is 6.51. The number of nitrogens with zero attached hydrogens (tertiary/aromatic N) is 2. The van der Waals surface area contributed by atoms with Gasteiger partial charge < -0.3 is 14.8 Å². The molecule has 1 unspecified atom stereocenters. The smallest absolute Gasteiger partial charge is 0.322 e. The first kappa shape index (κ1) is 13.3. The van der Waals surface area contributed by atoms with Crippen LogP contribution in [0.1, 0.15) is 16.8 Å². The van der Waals surface area contributed by atoms with Crippen LogP contribution in [0.4, 0.5) is 4.79 Å². The zero-order valence-corrected chi connectivity index (χ0v) is 11.4. The summed E-state index contributed by atoms with van der Waals surface area (Å²) >= 11 is 0. The van der Waals surface area contributed by atoms with Crippen molar-refractivity contribution in [1.82, 2.24) is 20.1 Å². The molecule has 1 atom stereocenters. The molecule has 1 aromatic rings. The molecular weight excluding hydrogens is 276 g/mol. The van der Waals surface area contributed by atoms with Gasteiger partial charge in [-0.1, -0.05) is 0 Å². The number of amides is 4. The molecule has 1 spiro atoms. The Morgan fingerprint density at radius 1 is 1.33 bits per heavy atom. The molecule has 0 bridgehead atoms. The van der Waals surface area contributed by atoms with E-state index in [9.17, 15) is 19.2 Å². The Morgan fingerprint density at radius 3 is 2.71 bits per heavy atom. The largest absolute Gasteiger partial charge is 0.336 e. The molecule has 2 fully saturated rings. The highest BCUT2D eigenvalue weighted by atomic mass is 16.2. The highest BCUT2D eigenvalue weighted by Crippen LogP contribution is 2.25. The molecule has 3 rings (SSSR count). The van der Waals surface area contributed by atoms with E-state index in [0.717, 1.165) is 0 Å². The van der Waals surface area contributed by atoms with Crippen LogP contribution in [0.3, 0.4) is 0 Å². The van der Waals surface area contributed by atoms with E-state index in [2.05, 4.69) is 10.6 Å². The van der Waals surface area contributed by atoms with Crippen molar-refractivity contribution in [2.45, 2.75) is 12.0 Å². The Hall–Kier alpha value is -2.64. The SMILES string of the molecule is Cn1ccc(C(=O)N2CCC3(C2)NC(=O)NC3=O)cc1=O. The molecule has 2 aliphatic heterocycles. The first-order chi connectivity index (χ1) is 9.91. The van der Waals surface area contributed by atoms with Crippen LogP contribution in [0.15, 0.2) is 23.1 Å². The zero-order valence-electron chi connectivity index (χ0n) is 11.4. The lowest BCUT2D eigenvalue weighted by Crippen LogP contribution is -2.49. The van der Waals surface area contributed by atoms with Gasteiger partial charge in [-0.3, -0.25) is 19.7 Å². The van der Waals surface area contributed by atoms with Gasteiger partial charge in [0.15, 0.2) is 0 Å². The Labute approximate surface area is 119 Å². The maximum Gasteiger partial charge on any atom is 0.322 e. The van der Waals surface area contributed by atoms with Gasteiger partial charge in [-0.15, -0.1) is 0 Å². The average molecular weight is 290 g/mol. The van der Waals surface area contributed by atoms with Gasteiger partial charge in [0.25, 0.3) is 17.4 Å². The van der Waals surface area contributed by atoms with E-state index in [4.69, 9.17) is 0 Å². The third kappa shape index (κ3) is 2.08. The maximum absolute atomic E-state index is 12.4. The van der Waals surface area contributed by atoms with Gasteiger partial charge in [0, 0.05) is 31.4 Å². The molecule has 0 radical (unpaired) electrons. The van der Waals surface area contributed by atoms with Crippen molar-refractivity contribution in [3.05, 3.63) is 34.2 Å². The summed E-state index contributed by atoms with van der Waals surface area (Å²) in [5.41, 5.74) is -1.03. The Morgan fingerprint density at radius 2 is 2.10 bits per heavy atom. The summed E-state index contributed by atoms with van der Waals surface area (Å²) in [4.78, 5) is 48.5. The minimum Gasteiger partial charge on any atom is -0.336 e. The van der Waals surface area contributed by atoms with Crippen molar-refractivity contribution in [3.63, 3.8) is 0 Å². The Kier molecular flexibility index (Phi) is 2.82. The van der Waals surface area contributed by atoms with Crippen LogP contribution in [0.25, 0.3) is 0 Å². The zero-order chi connectivity index (χ0) is 15.2. The van der Waals surface area contributed by atoms with Crippen LogP contribution in [0, 0.1) is 0 Å². The number of nitrogens with one attached hydrogen (secondary N) is 2. The lowest BCUT2D eigenvalue weighted by Gasteiger charge is -2.21. The second-order valence-electron chi connectivity index (χ2n) is 5.33. The number of likely N-dealkylation sites (tertiary alicyclic amines) is 1. The fraction of sp³-hybridized carbons (Fsp3) is 0.385. The number of pyridine rings is 1. The van der Waals surface area contributed by atoms with E-state index in [1.54, 1.807) is 13.1 Å². The molecule has 2 aliphatic rings. The summed E-state index contributed by atoms with van der Waals surface area (Å²) in [6.45, 7) is 0.459. The molecule has 2 saturated heterocycles. The second kappa shape index (κ2) is 4.44. The quantitative estimate of drug-likeness (QED) is 0.635. The van der Waals surface area contributed by atoms with E-state index in [1.807, 2.05) is 0 Å². The van der Waals surface area contributed by atoms with E-state index in [-0.39, 0.29) is 23.6 Å². The number of carbonyl (C=O) groups excluding carboxylic acids is 3. The molecule has 3 heterocycles. The summed E-state index contributed by atoms with van der Waals surface area (Å²) < 4.78 is 1.37. The van der Waals surface area contributed by atoms with Gasteiger partial charge in [-0.25, -0.2) is 4.79 Å². The minimum atomic E-state index is -1.04. The molecule has 110 valence electrons. The number of aromatic nitrogens is 1. The summed E-state index contributed by atoms with van der Waals surface area (Å²) in [7, 11) is 1.60. The van der Waals surface area contributed by atoms with E-state index >= 15 is 0 Å². The molecule has 1 aromatic heterocycles. The number of hydrogen-bond acceptors (Lipinski definition) is 4. The molecule has 8 heteroatoms. The number of carbonyl (C=O) groups is 3. The van der Waals surface area contributed by atoms with Crippen LogP contribution < -0.4 is 16.2 Å². The summed E-state index contributed by atoms with van der Waals surface area (Å²) in [6.07, 6.45) is 1.88. The number of urea groups is 1. The fourth-order valence-electron chi connectivity index (χ4n) is 2.66. The predicted octanol–water partition coefficient (Wildman–Crippen LogP) is -1.19. The monoisotopic (exact) mass is 290 g/mol. The summed E-state index contributed by atoms with van der Waals surface area (Å²) in [5.74, 6) is -0.731. The Bertz CT molecular complexity index is 710. The van der Waals surface area contributed by atoms with Crippen molar-refractivity contribution < 1.29 is 14.4 Å². The molecule has 0 saturated carbocycles. The first-order valence-corrected chi connectivity index (χ1v) is 6.51. The molecule has 0 aliphatic carbocycles. The molecular formula is C13H14N4O4. The molecule has 4 amide bonds. The Balaban J connectivity index is 1.81. The summed E-state index contributed by atoms with van der Waals surface area (Å²) in [5, 5.41) is 4.76. The van der Waals surface area contributed by atoms with Crippen LogP contribution in [-0.2, 0) is 11.8 Å². The lowest BCUT2D eigenvalue weighted by atomic mass is 9.99. The fourth-order valence-corrected chi connectivity index (χ4v) is 2.66. The van der Waals surface area contributed by atoms with Crippen LogP contribution in [0.2, 0.25) is 0 Å². The van der Waals surface area contributed by atoms with Gasteiger partial charge >= 0.3 is 6.03 Å². The topological polar surface area (TPSA) is 101 Å². The third-order valence-corrected chi connectivity index (χ3v) is 3.92. The number of hydrogen-bond donors (Lipinski definition) is 2. The van der Waals surface area contributed by atoms with Crippen molar-refractivity contribution in [1.29, 1.82) is 0 Å². The lowest BCUT2D eigenvalue weighted by molar-refractivity contribution is -0.123.